The molecule has 0 aromatic carbocycles. The van der Waals surface area contributed by atoms with E-state index in [0.717, 1.165) is 5.69 Å². The first-order valence-corrected chi connectivity index (χ1v) is 4.71. The normalized spacial score (nSPS) is 12.5. The maximum Gasteiger partial charge on any atom is 0.242 e. The van der Waals surface area contributed by atoms with Crippen LogP contribution < -0.4 is 11.1 Å². The largest absolute Gasteiger partial charge is 0.385 e. The minimum Gasteiger partial charge on any atom is -0.385 e. The van der Waals surface area contributed by atoms with Crippen molar-refractivity contribution >= 4 is 11.7 Å². The number of aromatic amines is 1. The van der Waals surface area contributed by atoms with Crippen LogP contribution in [0.4, 0.5) is 5.82 Å². The van der Waals surface area contributed by atoms with Crippen LogP contribution >= 0.6 is 0 Å². The lowest BCUT2D eigenvalue weighted by Crippen LogP contribution is -2.36. The molecule has 1 unspecified atom stereocenters. The number of hydrogen-bond donors (Lipinski definition) is 3. The molecule has 1 rings (SSSR count). The Morgan fingerprint density at radius 2 is 2.53 bits per heavy atom. The number of methoxy groups -OCH3 is 1. The minimum absolute atomic E-state index is 0.251. The van der Waals surface area contributed by atoms with E-state index in [1.807, 2.05) is 6.92 Å². The van der Waals surface area contributed by atoms with Gasteiger partial charge in [-0.1, -0.05) is 0 Å². The number of nitrogens with two attached hydrogens (primary N) is 1. The zero-order valence-electron chi connectivity index (χ0n) is 8.91. The maximum atomic E-state index is 11.5. The molecule has 1 aromatic heterocycles. The van der Waals surface area contributed by atoms with Gasteiger partial charge in [-0.3, -0.25) is 9.89 Å². The summed E-state index contributed by atoms with van der Waals surface area (Å²) in [6, 6.07) is 1.17. The molecule has 1 heterocycles. The first-order valence-electron chi connectivity index (χ1n) is 4.71. The molecule has 1 aromatic rings. The maximum absolute atomic E-state index is 11.5. The summed E-state index contributed by atoms with van der Waals surface area (Å²) >= 11 is 0. The molecule has 0 aliphatic heterocycles. The number of anilines is 1. The first-order chi connectivity index (χ1) is 7.13. The smallest absolute Gasteiger partial charge is 0.242 e. The summed E-state index contributed by atoms with van der Waals surface area (Å²) in [6.07, 6.45) is 0.492. The molecule has 0 fully saturated rings. The summed E-state index contributed by atoms with van der Waals surface area (Å²) in [6.45, 7) is 2.32. The van der Waals surface area contributed by atoms with Crippen LogP contribution in [0.1, 0.15) is 12.1 Å². The van der Waals surface area contributed by atoms with Crippen LogP contribution in [-0.2, 0) is 9.53 Å². The van der Waals surface area contributed by atoms with Gasteiger partial charge in [0.25, 0.3) is 0 Å². The lowest BCUT2D eigenvalue weighted by atomic mass is 10.2. The van der Waals surface area contributed by atoms with E-state index in [9.17, 15) is 4.79 Å². The quantitative estimate of drug-likeness (QED) is 0.641. The van der Waals surface area contributed by atoms with Gasteiger partial charge >= 0.3 is 0 Å². The number of aromatic nitrogens is 2. The fraction of sp³-hybridized carbons (Fsp3) is 0.556. The van der Waals surface area contributed by atoms with Crippen molar-refractivity contribution in [3.8, 4) is 0 Å². The molecular formula is C9H16N4O2. The molecule has 84 valence electrons. The summed E-state index contributed by atoms with van der Waals surface area (Å²) < 4.78 is 4.84. The average Bonchev–Trinajstić information content (AvgIpc) is 2.60. The van der Waals surface area contributed by atoms with Crippen molar-refractivity contribution in [1.29, 1.82) is 0 Å². The van der Waals surface area contributed by atoms with Crippen molar-refractivity contribution in [2.45, 2.75) is 19.4 Å². The highest BCUT2D eigenvalue weighted by molar-refractivity contribution is 5.93. The summed E-state index contributed by atoms with van der Waals surface area (Å²) in [5.41, 5.74) is 6.51. The van der Waals surface area contributed by atoms with Gasteiger partial charge in [0.05, 0.1) is 6.04 Å². The second-order valence-electron chi connectivity index (χ2n) is 3.31. The summed E-state index contributed by atoms with van der Waals surface area (Å²) in [5, 5.41) is 9.21. The molecule has 0 aliphatic carbocycles. The van der Waals surface area contributed by atoms with Crippen LogP contribution in [0.25, 0.3) is 0 Å². The number of aryl methyl sites for hydroxylation is 1. The Labute approximate surface area is 88.2 Å². The highest BCUT2D eigenvalue weighted by atomic mass is 16.5. The number of carbonyl (C=O) groups is 1. The summed E-state index contributed by atoms with van der Waals surface area (Å²) in [4.78, 5) is 11.5. The van der Waals surface area contributed by atoms with Gasteiger partial charge in [0, 0.05) is 25.5 Å². The zero-order valence-corrected chi connectivity index (χ0v) is 8.91. The molecule has 6 heteroatoms. The van der Waals surface area contributed by atoms with E-state index < -0.39 is 6.04 Å². The van der Waals surface area contributed by atoms with Gasteiger partial charge in [0.2, 0.25) is 5.91 Å². The highest BCUT2D eigenvalue weighted by Gasteiger charge is 2.13. The Bertz CT molecular complexity index is 324. The van der Waals surface area contributed by atoms with E-state index in [-0.39, 0.29) is 5.91 Å². The second kappa shape index (κ2) is 5.47. The van der Waals surface area contributed by atoms with Crippen molar-refractivity contribution in [3.63, 3.8) is 0 Å². The third-order valence-electron chi connectivity index (χ3n) is 1.93. The average molecular weight is 212 g/mol. The van der Waals surface area contributed by atoms with Crippen LogP contribution in [0, 0.1) is 6.92 Å². The summed E-state index contributed by atoms with van der Waals surface area (Å²) in [5.74, 6) is 0.240. The van der Waals surface area contributed by atoms with Gasteiger partial charge < -0.3 is 15.8 Å². The van der Waals surface area contributed by atoms with Crippen LogP contribution in [0.5, 0.6) is 0 Å². The topological polar surface area (TPSA) is 93.0 Å². The second-order valence-corrected chi connectivity index (χ2v) is 3.31. The molecule has 4 N–H and O–H groups in total. The van der Waals surface area contributed by atoms with Crippen molar-refractivity contribution in [2.24, 2.45) is 5.73 Å². The number of H-pyrrole nitrogens is 1. The first kappa shape index (κ1) is 11.7. The minimum atomic E-state index is -0.568. The number of nitrogens with one attached hydrogen (secondary N) is 2. The molecular weight excluding hydrogens is 196 g/mol. The van der Waals surface area contributed by atoms with E-state index in [2.05, 4.69) is 15.5 Å². The lowest BCUT2D eigenvalue weighted by molar-refractivity contribution is -0.117. The summed E-state index contributed by atoms with van der Waals surface area (Å²) in [7, 11) is 1.57. The number of amides is 1. The molecule has 0 saturated heterocycles. The van der Waals surface area contributed by atoms with Crippen molar-refractivity contribution in [3.05, 3.63) is 11.8 Å². The number of hydrogen-bond acceptors (Lipinski definition) is 4. The van der Waals surface area contributed by atoms with Gasteiger partial charge in [-0.05, 0) is 13.3 Å². The predicted octanol–water partition coefficient (Wildman–Crippen LogP) is 0.0204. The van der Waals surface area contributed by atoms with Crippen molar-refractivity contribution < 1.29 is 9.53 Å². The Kier molecular flexibility index (Phi) is 4.26. The molecule has 0 aliphatic rings. The molecule has 0 bridgehead atoms. The van der Waals surface area contributed by atoms with E-state index in [1.165, 1.54) is 0 Å². The van der Waals surface area contributed by atoms with E-state index in [1.54, 1.807) is 13.2 Å². The van der Waals surface area contributed by atoms with Crippen LogP contribution in [-0.4, -0.2) is 35.9 Å². The van der Waals surface area contributed by atoms with E-state index in [0.29, 0.717) is 18.8 Å². The van der Waals surface area contributed by atoms with Gasteiger partial charge in [0.1, 0.15) is 0 Å². The SMILES string of the molecule is COCCC(N)C(=O)Nc1cc(C)[nH]n1. The molecule has 0 spiro atoms. The number of rotatable bonds is 5. The van der Waals surface area contributed by atoms with Crippen LogP contribution in [0.15, 0.2) is 6.07 Å². The molecule has 6 nitrogen and oxygen atoms in total. The Hall–Kier alpha value is -1.40. The molecule has 0 saturated carbocycles. The lowest BCUT2D eigenvalue weighted by Gasteiger charge is -2.09. The van der Waals surface area contributed by atoms with Crippen molar-refractivity contribution in [1.82, 2.24) is 10.2 Å². The van der Waals surface area contributed by atoms with E-state index >= 15 is 0 Å². The fourth-order valence-electron chi connectivity index (χ4n) is 1.08. The third-order valence-corrected chi connectivity index (χ3v) is 1.93. The van der Waals surface area contributed by atoms with Crippen LogP contribution in [0.2, 0.25) is 0 Å². The van der Waals surface area contributed by atoms with Crippen molar-refractivity contribution in [2.75, 3.05) is 19.0 Å². The molecule has 15 heavy (non-hydrogen) atoms. The monoisotopic (exact) mass is 212 g/mol. The molecule has 1 amide bonds. The molecule has 0 radical (unpaired) electrons. The number of carbonyl (C=O) groups excluding carboxylic acids is 1. The van der Waals surface area contributed by atoms with Gasteiger partial charge in [-0.15, -0.1) is 0 Å². The Morgan fingerprint density at radius 3 is 3.07 bits per heavy atom. The number of nitrogens with zero attached hydrogens (tertiary/aromatic N) is 1. The Balaban J connectivity index is 2.41. The van der Waals surface area contributed by atoms with Gasteiger partial charge in [-0.25, -0.2) is 0 Å². The third kappa shape index (κ3) is 3.69. The fourth-order valence-corrected chi connectivity index (χ4v) is 1.08. The zero-order chi connectivity index (χ0) is 11.3. The molecule has 1 atom stereocenters. The van der Waals surface area contributed by atoms with Gasteiger partial charge in [-0.2, -0.15) is 5.10 Å². The van der Waals surface area contributed by atoms with Gasteiger partial charge in [0.15, 0.2) is 5.82 Å². The highest BCUT2D eigenvalue weighted by Crippen LogP contribution is 2.04. The standard InChI is InChI=1S/C9H16N4O2/c1-6-5-8(13-12-6)11-9(14)7(10)3-4-15-2/h5,7H,3-4,10H2,1-2H3,(H2,11,12,13,14). The predicted molar refractivity (Wildman–Crippen MR) is 56.4 cm³/mol. The van der Waals surface area contributed by atoms with Crippen LogP contribution in [0.3, 0.4) is 0 Å². The van der Waals surface area contributed by atoms with E-state index in [4.69, 9.17) is 10.5 Å². The Morgan fingerprint density at radius 1 is 1.80 bits per heavy atom. The number of ether oxygens (including phenoxy) is 1.